The Morgan fingerprint density at radius 3 is 2.64 bits per heavy atom. The van der Waals surface area contributed by atoms with Crippen LogP contribution < -0.4 is 0 Å². The molecule has 0 radical (unpaired) electrons. The molecule has 4 heteroatoms. The molecule has 0 bridgehead atoms. The third-order valence-corrected chi connectivity index (χ3v) is 2.32. The van der Waals surface area contributed by atoms with Crippen LogP contribution in [-0.4, -0.2) is 5.11 Å². The fourth-order valence-corrected chi connectivity index (χ4v) is 1.09. The Morgan fingerprint density at radius 2 is 2.18 bits per heavy atom. The number of hydrogen-bond acceptors (Lipinski definition) is 1. The van der Waals surface area contributed by atoms with Gasteiger partial charge in [0.25, 0.3) is 0 Å². The summed E-state index contributed by atoms with van der Waals surface area (Å²) in [5, 5.41) is 9.07. The molecule has 1 N–H and O–H groups in total. The van der Waals surface area contributed by atoms with Crippen molar-refractivity contribution in [2.24, 2.45) is 0 Å². The first-order valence-electron chi connectivity index (χ1n) is 2.88. The number of phenolic OH excluding ortho intramolecular Hbond substituents is 1. The zero-order valence-electron chi connectivity index (χ0n) is 5.44. The minimum absolute atomic E-state index is 0.0753. The average molecular weight is 239 g/mol. The highest BCUT2D eigenvalue weighted by Crippen LogP contribution is 2.28. The molecule has 0 amide bonds. The smallest absolute Gasteiger partial charge is 0.141 e. The van der Waals surface area contributed by atoms with Gasteiger partial charge in [0.2, 0.25) is 0 Å². The molecule has 0 saturated carbocycles. The van der Waals surface area contributed by atoms with Crippen molar-refractivity contribution in [1.82, 2.24) is 0 Å². The van der Waals surface area contributed by atoms with E-state index in [9.17, 15) is 4.39 Å². The summed E-state index contributed by atoms with van der Waals surface area (Å²) in [6.07, 6.45) is 0. The molecule has 1 aromatic rings. The molecule has 0 aliphatic heterocycles. The van der Waals surface area contributed by atoms with E-state index in [2.05, 4.69) is 15.9 Å². The second-order valence-corrected chi connectivity index (χ2v) is 3.10. The molecule has 0 atom stereocenters. The maximum Gasteiger partial charge on any atom is 0.141 e. The highest BCUT2D eigenvalue weighted by atomic mass is 79.9. The molecule has 0 heterocycles. The van der Waals surface area contributed by atoms with Gasteiger partial charge in [-0.2, -0.15) is 0 Å². The Labute approximate surface area is 76.9 Å². The fraction of sp³-hybridized carbons (Fsp3) is 0.143. The van der Waals surface area contributed by atoms with Gasteiger partial charge in [-0.3, -0.25) is 0 Å². The normalized spacial score (nSPS) is 10.1. The summed E-state index contributed by atoms with van der Waals surface area (Å²) in [6, 6.07) is 2.69. The Morgan fingerprint density at radius 1 is 1.55 bits per heavy atom. The van der Waals surface area contributed by atoms with Crippen LogP contribution in [0.3, 0.4) is 0 Å². The topological polar surface area (TPSA) is 20.2 Å². The zero-order chi connectivity index (χ0) is 8.43. The Bertz CT molecular complexity index is 254. The van der Waals surface area contributed by atoms with Crippen molar-refractivity contribution < 1.29 is 9.50 Å². The maximum absolute atomic E-state index is 12.8. The van der Waals surface area contributed by atoms with Crippen molar-refractivity contribution >= 4 is 27.5 Å². The molecule has 1 rings (SSSR count). The van der Waals surface area contributed by atoms with Gasteiger partial charge in [-0.15, -0.1) is 11.6 Å². The number of alkyl halides is 1. The van der Waals surface area contributed by atoms with Gasteiger partial charge in [0.15, 0.2) is 0 Å². The van der Waals surface area contributed by atoms with Crippen molar-refractivity contribution in [3.63, 3.8) is 0 Å². The second-order valence-electron chi connectivity index (χ2n) is 2.04. The predicted octanol–water partition coefficient (Wildman–Crippen LogP) is 3.03. The molecule has 0 fully saturated rings. The second kappa shape index (κ2) is 3.41. The van der Waals surface area contributed by atoms with E-state index in [-0.39, 0.29) is 16.1 Å². The van der Waals surface area contributed by atoms with Gasteiger partial charge in [-0.1, -0.05) is 0 Å². The summed E-state index contributed by atoms with van der Waals surface area (Å²) in [5.41, 5.74) is 0.560. The van der Waals surface area contributed by atoms with Gasteiger partial charge >= 0.3 is 0 Å². The molecule has 0 saturated heterocycles. The molecular formula is C7H5BrClFO. The summed E-state index contributed by atoms with van der Waals surface area (Å²) in [7, 11) is 0. The van der Waals surface area contributed by atoms with E-state index in [0.717, 1.165) is 0 Å². The molecule has 0 aliphatic rings. The first-order valence-corrected chi connectivity index (χ1v) is 4.20. The molecule has 0 aliphatic carbocycles. The van der Waals surface area contributed by atoms with Crippen LogP contribution >= 0.6 is 27.5 Å². The van der Waals surface area contributed by atoms with Crippen LogP contribution in [0.5, 0.6) is 5.75 Å². The number of rotatable bonds is 1. The van der Waals surface area contributed by atoms with E-state index in [0.29, 0.717) is 5.56 Å². The average Bonchev–Trinajstić information content (AvgIpc) is 1.99. The lowest BCUT2D eigenvalue weighted by Crippen LogP contribution is -1.83. The molecular weight excluding hydrogens is 234 g/mol. The highest BCUT2D eigenvalue weighted by Gasteiger charge is 2.05. The van der Waals surface area contributed by atoms with Crippen molar-refractivity contribution in [3.8, 4) is 5.75 Å². The minimum Gasteiger partial charge on any atom is -0.507 e. The summed E-state index contributed by atoms with van der Waals surface area (Å²) in [4.78, 5) is 0. The van der Waals surface area contributed by atoms with Crippen LogP contribution in [0.4, 0.5) is 4.39 Å². The molecule has 0 spiro atoms. The van der Waals surface area contributed by atoms with E-state index in [1.165, 1.54) is 12.1 Å². The van der Waals surface area contributed by atoms with Gasteiger partial charge in [-0.05, 0) is 33.6 Å². The molecule has 1 nitrogen and oxygen atoms in total. The number of benzene rings is 1. The fourth-order valence-electron chi connectivity index (χ4n) is 0.706. The number of halogens is 3. The van der Waals surface area contributed by atoms with Gasteiger partial charge < -0.3 is 5.11 Å². The Hall–Kier alpha value is -0.280. The van der Waals surface area contributed by atoms with Crippen molar-refractivity contribution in [2.45, 2.75) is 5.88 Å². The van der Waals surface area contributed by atoms with Crippen molar-refractivity contribution in [3.05, 3.63) is 28.0 Å². The summed E-state index contributed by atoms with van der Waals surface area (Å²) in [6.45, 7) is 0. The van der Waals surface area contributed by atoms with Crippen molar-refractivity contribution in [1.29, 1.82) is 0 Å². The monoisotopic (exact) mass is 238 g/mol. The standard InChI is InChI=1S/C7H5BrClFO/c8-7-5(10)1-4(3-9)2-6(7)11/h1-2,11H,3H2. The van der Waals surface area contributed by atoms with Crippen LogP contribution in [0.2, 0.25) is 0 Å². The first-order chi connectivity index (χ1) is 5.15. The maximum atomic E-state index is 12.8. The summed E-state index contributed by atoms with van der Waals surface area (Å²) < 4.78 is 12.8. The van der Waals surface area contributed by atoms with E-state index < -0.39 is 5.82 Å². The lowest BCUT2D eigenvalue weighted by atomic mass is 10.2. The van der Waals surface area contributed by atoms with E-state index >= 15 is 0 Å². The third-order valence-electron chi connectivity index (χ3n) is 1.22. The minimum atomic E-state index is -0.499. The largest absolute Gasteiger partial charge is 0.507 e. The lowest BCUT2D eigenvalue weighted by Gasteiger charge is -2.00. The quantitative estimate of drug-likeness (QED) is 0.747. The molecule has 0 unspecified atom stereocenters. The van der Waals surface area contributed by atoms with E-state index in [1.54, 1.807) is 0 Å². The lowest BCUT2D eigenvalue weighted by molar-refractivity contribution is 0.463. The molecule has 60 valence electrons. The number of phenols is 1. The molecule has 11 heavy (non-hydrogen) atoms. The number of aromatic hydroxyl groups is 1. The van der Waals surface area contributed by atoms with Gasteiger partial charge in [0, 0.05) is 5.88 Å². The van der Waals surface area contributed by atoms with Crippen LogP contribution in [0.1, 0.15) is 5.56 Å². The van der Waals surface area contributed by atoms with Crippen LogP contribution in [0.25, 0.3) is 0 Å². The van der Waals surface area contributed by atoms with Gasteiger partial charge in [-0.25, -0.2) is 4.39 Å². The van der Waals surface area contributed by atoms with Crippen LogP contribution in [0.15, 0.2) is 16.6 Å². The van der Waals surface area contributed by atoms with E-state index in [4.69, 9.17) is 16.7 Å². The highest BCUT2D eigenvalue weighted by molar-refractivity contribution is 9.10. The van der Waals surface area contributed by atoms with Gasteiger partial charge in [0.05, 0.1) is 4.47 Å². The number of hydrogen-bond donors (Lipinski definition) is 1. The zero-order valence-corrected chi connectivity index (χ0v) is 7.78. The molecule has 1 aromatic carbocycles. The van der Waals surface area contributed by atoms with Crippen LogP contribution in [0, 0.1) is 5.82 Å². The SMILES string of the molecule is Oc1cc(CCl)cc(F)c1Br. The third kappa shape index (κ3) is 1.84. The predicted molar refractivity (Wildman–Crippen MR) is 45.3 cm³/mol. The van der Waals surface area contributed by atoms with Crippen molar-refractivity contribution in [2.75, 3.05) is 0 Å². The van der Waals surface area contributed by atoms with Crippen LogP contribution in [-0.2, 0) is 5.88 Å². The molecule has 0 aromatic heterocycles. The Kier molecular flexibility index (Phi) is 2.73. The summed E-state index contributed by atoms with van der Waals surface area (Å²) in [5.74, 6) is -0.432. The first kappa shape index (κ1) is 8.81. The van der Waals surface area contributed by atoms with E-state index in [1.807, 2.05) is 0 Å². The van der Waals surface area contributed by atoms with Gasteiger partial charge in [0.1, 0.15) is 11.6 Å². The summed E-state index contributed by atoms with van der Waals surface area (Å²) >= 11 is 8.30. The Balaban J connectivity index is 3.21.